The zero-order valence-electron chi connectivity index (χ0n) is 10.2. The Morgan fingerprint density at radius 3 is 2.30 bits per heavy atom. The molecule has 0 saturated heterocycles. The summed E-state index contributed by atoms with van der Waals surface area (Å²) in [6, 6.07) is 14.3. The first kappa shape index (κ1) is 13.0. The van der Waals surface area contributed by atoms with Gasteiger partial charge in [0.15, 0.2) is 17.6 Å². The topological polar surface area (TPSA) is 44.8 Å². The van der Waals surface area contributed by atoms with Gasteiger partial charge in [0.1, 0.15) is 11.1 Å². The van der Waals surface area contributed by atoms with Crippen LogP contribution in [0.15, 0.2) is 54.7 Å². The molecule has 0 saturated carbocycles. The Kier molecular flexibility index (Phi) is 3.34. The average Bonchev–Trinajstić information content (AvgIpc) is 2.81. The molecular weight excluding hydrogens is 297 g/mol. The molecule has 20 heavy (non-hydrogen) atoms. The average molecular weight is 306 g/mol. The van der Waals surface area contributed by atoms with E-state index in [1.807, 2.05) is 30.3 Å². The molecule has 0 bridgehead atoms. The minimum atomic E-state index is -0.257. The van der Waals surface area contributed by atoms with Gasteiger partial charge in [-0.3, -0.25) is 0 Å². The molecule has 0 N–H and O–H groups in total. The lowest BCUT2D eigenvalue weighted by atomic mass is 10.3. The van der Waals surface area contributed by atoms with Gasteiger partial charge in [-0.2, -0.15) is 0 Å². The van der Waals surface area contributed by atoms with Crippen LogP contribution < -0.4 is 9.79 Å². The number of para-hydroxylation sites is 1. The Balaban J connectivity index is 2.09. The first-order chi connectivity index (χ1) is 9.63. The maximum atomic E-state index is 12.0. The van der Waals surface area contributed by atoms with E-state index in [-0.39, 0.29) is 5.88 Å². The molecule has 3 rings (SSSR count). The lowest BCUT2D eigenvalue weighted by Crippen LogP contribution is -2.32. The van der Waals surface area contributed by atoms with Crippen LogP contribution >= 0.6 is 23.2 Å². The van der Waals surface area contributed by atoms with E-state index in [2.05, 4.69) is 5.21 Å². The van der Waals surface area contributed by atoms with Crippen molar-refractivity contribution in [2.75, 3.05) is 0 Å². The van der Waals surface area contributed by atoms with Crippen LogP contribution in [0, 0.1) is 0 Å². The first-order valence-electron chi connectivity index (χ1n) is 5.84. The molecule has 0 aliphatic rings. The van der Waals surface area contributed by atoms with Gasteiger partial charge in [-0.25, -0.2) is 0 Å². The molecular formula is C14H9Cl2N3O. The number of halogens is 2. The maximum Gasteiger partial charge on any atom is 0.158 e. The fourth-order valence-electron chi connectivity index (χ4n) is 1.87. The highest BCUT2D eigenvalue weighted by atomic mass is 35.5. The molecule has 1 heterocycles. The first-order valence-corrected chi connectivity index (χ1v) is 6.60. The van der Waals surface area contributed by atoms with Crippen molar-refractivity contribution in [3.63, 3.8) is 0 Å². The molecule has 0 atom stereocenters. The van der Waals surface area contributed by atoms with Crippen molar-refractivity contribution in [2.24, 2.45) is 0 Å². The highest BCUT2D eigenvalue weighted by Gasteiger charge is 2.14. The van der Waals surface area contributed by atoms with Gasteiger partial charge in [0, 0.05) is 22.2 Å². The number of aromatic nitrogens is 3. The van der Waals surface area contributed by atoms with E-state index in [9.17, 15) is 5.11 Å². The predicted octanol–water partition coefficient (Wildman–Crippen LogP) is 2.53. The second-order valence-electron chi connectivity index (χ2n) is 4.18. The molecule has 0 fully saturated rings. The lowest BCUT2D eigenvalue weighted by molar-refractivity contribution is -0.661. The molecule has 0 spiro atoms. The Hall–Kier alpha value is -2.04. The summed E-state index contributed by atoms with van der Waals surface area (Å²) in [6.07, 6.45) is 1.41. The number of hydrogen-bond acceptors (Lipinski definition) is 2. The standard InChI is InChI=1S/C14H9Cl2N3O/c15-10-6-11(16)8-13(7-10)19-14(20)9-18(17-19)12-4-2-1-3-5-12/h1-9H. The van der Waals surface area contributed by atoms with Gasteiger partial charge in [-0.1, -0.05) is 41.4 Å². The summed E-state index contributed by atoms with van der Waals surface area (Å²) in [5.74, 6) is -0.257. The third-order valence-corrected chi connectivity index (χ3v) is 3.18. The largest absolute Gasteiger partial charge is 0.838 e. The van der Waals surface area contributed by atoms with Gasteiger partial charge in [-0.15, -0.1) is 9.36 Å². The summed E-state index contributed by atoms with van der Waals surface area (Å²) in [5.41, 5.74) is 1.33. The molecule has 0 aliphatic heterocycles. The van der Waals surface area contributed by atoms with E-state index >= 15 is 0 Å². The molecule has 100 valence electrons. The third kappa shape index (κ3) is 2.48. The van der Waals surface area contributed by atoms with Crippen LogP contribution in [0.5, 0.6) is 5.88 Å². The second-order valence-corrected chi connectivity index (χ2v) is 5.05. The number of benzene rings is 2. The van der Waals surface area contributed by atoms with Crippen molar-refractivity contribution in [1.82, 2.24) is 9.90 Å². The predicted molar refractivity (Wildman–Crippen MR) is 74.6 cm³/mol. The Morgan fingerprint density at radius 1 is 1.00 bits per heavy atom. The van der Waals surface area contributed by atoms with Crippen molar-refractivity contribution in [2.45, 2.75) is 0 Å². The molecule has 2 aromatic carbocycles. The summed E-state index contributed by atoms with van der Waals surface area (Å²) in [5, 5.41) is 17.2. The zero-order valence-corrected chi connectivity index (χ0v) is 11.7. The van der Waals surface area contributed by atoms with Crippen molar-refractivity contribution in [1.29, 1.82) is 0 Å². The van der Waals surface area contributed by atoms with Crippen molar-refractivity contribution in [3.05, 3.63) is 64.8 Å². The van der Waals surface area contributed by atoms with Crippen LogP contribution in [0.2, 0.25) is 10.0 Å². The van der Waals surface area contributed by atoms with Crippen LogP contribution in [0.1, 0.15) is 0 Å². The fraction of sp³-hybridized carbons (Fsp3) is 0. The van der Waals surface area contributed by atoms with E-state index in [1.165, 1.54) is 15.6 Å². The minimum absolute atomic E-state index is 0.257. The van der Waals surface area contributed by atoms with Crippen molar-refractivity contribution in [3.8, 4) is 17.3 Å². The summed E-state index contributed by atoms with van der Waals surface area (Å²) < 4.78 is 2.77. The monoisotopic (exact) mass is 305 g/mol. The van der Waals surface area contributed by atoms with E-state index in [0.29, 0.717) is 15.7 Å². The molecule has 3 aromatic rings. The number of rotatable bonds is 2. The molecule has 4 nitrogen and oxygen atoms in total. The molecule has 6 heteroatoms. The summed E-state index contributed by atoms with van der Waals surface area (Å²) in [7, 11) is 0. The SMILES string of the molecule is [O-]c1c[n+](-c2ccccc2)nn1-c1cc(Cl)cc(Cl)c1. The minimum Gasteiger partial charge on any atom is -0.838 e. The van der Waals surface area contributed by atoms with E-state index in [0.717, 1.165) is 5.69 Å². The number of hydrogen-bond donors (Lipinski definition) is 0. The van der Waals surface area contributed by atoms with Crippen LogP contribution in [0.3, 0.4) is 0 Å². The third-order valence-electron chi connectivity index (χ3n) is 2.74. The summed E-state index contributed by atoms with van der Waals surface area (Å²) in [4.78, 5) is 0. The molecule has 0 aliphatic carbocycles. The van der Waals surface area contributed by atoms with Gasteiger partial charge in [-0.05, 0) is 18.2 Å². The van der Waals surface area contributed by atoms with E-state index < -0.39 is 0 Å². The quantitative estimate of drug-likeness (QED) is 0.683. The highest BCUT2D eigenvalue weighted by molar-refractivity contribution is 6.34. The van der Waals surface area contributed by atoms with Gasteiger partial charge >= 0.3 is 0 Å². The van der Waals surface area contributed by atoms with E-state index in [1.54, 1.807) is 18.2 Å². The Morgan fingerprint density at radius 2 is 1.65 bits per heavy atom. The highest BCUT2D eigenvalue weighted by Crippen LogP contribution is 2.22. The molecule has 0 amide bonds. The van der Waals surface area contributed by atoms with Crippen LogP contribution in [-0.2, 0) is 0 Å². The van der Waals surface area contributed by atoms with Gasteiger partial charge in [0.25, 0.3) is 0 Å². The number of nitrogens with zero attached hydrogens (tertiary/aromatic N) is 3. The van der Waals surface area contributed by atoms with Gasteiger partial charge in [0.05, 0.1) is 0 Å². The maximum absolute atomic E-state index is 12.0. The van der Waals surface area contributed by atoms with Gasteiger partial charge < -0.3 is 5.11 Å². The Labute approximate surface area is 125 Å². The second kappa shape index (κ2) is 5.15. The van der Waals surface area contributed by atoms with Crippen LogP contribution in [0.4, 0.5) is 0 Å². The summed E-state index contributed by atoms with van der Waals surface area (Å²) >= 11 is 11.9. The lowest BCUT2D eigenvalue weighted by Gasteiger charge is -2.01. The van der Waals surface area contributed by atoms with Crippen molar-refractivity contribution < 1.29 is 9.79 Å². The fourth-order valence-corrected chi connectivity index (χ4v) is 2.39. The molecule has 0 unspecified atom stereocenters. The van der Waals surface area contributed by atoms with Gasteiger partial charge in [0.2, 0.25) is 0 Å². The molecule has 1 aromatic heterocycles. The smallest absolute Gasteiger partial charge is 0.158 e. The van der Waals surface area contributed by atoms with Crippen LogP contribution in [-0.4, -0.2) is 9.90 Å². The Bertz CT molecular complexity index is 736. The molecule has 0 radical (unpaired) electrons. The van der Waals surface area contributed by atoms with E-state index in [4.69, 9.17) is 23.2 Å². The normalized spacial score (nSPS) is 10.7. The zero-order chi connectivity index (χ0) is 14.1. The van der Waals surface area contributed by atoms with Crippen LogP contribution in [0.25, 0.3) is 11.4 Å². The van der Waals surface area contributed by atoms with Crippen molar-refractivity contribution >= 4 is 23.2 Å². The summed E-state index contributed by atoms with van der Waals surface area (Å²) in [6.45, 7) is 0.